The van der Waals surface area contributed by atoms with E-state index in [-0.39, 0.29) is 0 Å². The topological polar surface area (TPSA) is 55.2 Å². The van der Waals surface area contributed by atoms with Crippen molar-refractivity contribution in [3.8, 4) is 0 Å². The average Bonchev–Trinajstić information content (AvgIpc) is 2.28. The lowest BCUT2D eigenvalue weighted by Crippen LogP contribution is -2.31. The fourth-order valence-corrected chi connectivity index (χ4v) is 1.99. The van der Waals surface area contributed by atoms with Gasteiger partial charge in [0.05, 0.1) is 4.92 Å². The van der Waals surface area contributed by atoms with Crippen molar-refractivity contribution in [3.63, 3.8) is 0 Å². The Balaban J connectivity index is 2.69. The first-order chi connectivity index (χ1) is 8.45. The summed E-state index contributed by atoms with van der Waals surface area (Å²) in [6.45, 7) is 4.25. The molecular formula is C13H19FN2O2. The number of nitrogens with one attached hydrogen (secondary N) is 1. The van der Waals surface area contributed by atoms with E-state index in [0.29, 0.717) is 18.4 Å². The molecule has 100 valence electrons. The van der Waals surface area contributed by atoms with Gasteiger partial charge in [-0.3, -0.25) is 10.1 Å². The molecule has 0 fully saturated rings. The molecule has 5 heteroatoms. The Labute approximate surface area is 106 Å². The largest absolute Gasteiger partial charge is 0.317 e. The minimum Gasteiger partial charge on any atom is -0.317 e. The first-order valence-electron chi connectivity index (χ1n) is 6.05. The molecule has 1 unspecified atom stereocenters. The van der Waals surface area contributed by atoms with Crippen LogP contribution in [0.3, 0.4) is 0 Å². The summed E-state index contributed by atoms with van der Waals surface area (Å²) in [5, 5.41) is 13.7. The molecule has 0 spiro atoms. The summed E-state index contributed by atoms with van der Waals surface area (Å²) in [7, 11) is 1.90. The van der Waals surface area contributed by atoms with Crippen molar-refractivity contribution < 1.29 is 9.31 Å². The minimum absolute atomic E-state index is 0.364. The Morgan fingerprint density at radius 2 is 2.11 bits per heavy atom. The van der Waals surface area contributed by atoms with Crippen LogP contribution in [0.5, 0.6) is 0 Å². The number of hydrogen-bond donors (Lipinski definition) is 1. The molecule has 0 aliphatic carbocycles. The van der Waals surface area contributed by atoms with Crippen LogP contribution in [0, 0.1) is 21.8 Å². The number of nitro benzene ring substituents is 1. The summed E-state index contributed by atoms with van der Waals surface area (Å²) in [5.74, 6) is -0.263. The molecule has 0 saturated carbocycles. The first-order valence-corrected chi connectivity index (χ1v) is 6.05. The lowest BCUT2D eigenvalue weighted by atomic mass is 9.97. The third-order valence-corrected chi connectivity index (χ3v) is 3.13. The summed E-state index contributed by atoms with van der Waals surface area (Å²) in [6.07, 6.45) is 1.59. The van der Waals surface area contributed by atoms with Gasteiger partial charge in [0.2, 0.25) is 5.82 Å². The molecule has 0 aromatic heterocycles. The van der Waals surface area contributed by atoms with Gasteiger partial charge in [-0.2, -0.15) is 4.39 Å². The molecule has 1 aromatic carbocycles. The zero-order valence-electron chi connectivity index (χ0n) is 10.9. The molecular weight excluding hydrogens is 235 g/mol. The van der Waals surface area contributed by atoms with E-state index in [2.05, 4.69) is 19.2 Å². The molecule has 18 heavy (non-hydrogen) atoms. The van der Waals surface area contributed by atoms with Crippen molar-refractivity contribution >= 4 is 5.69 Å². The van der Waals surface area contributed by atoms with Crippen LogP contribution in [0.2, 0.25) is 0 Å². The van der Waals surface area contributed by atoms with Crippen molar-refractivity contribution in [2.24, 2.45) is 5.92 Å². The van der Waals surface area contributed by atoms with E-state index in [1.165, 1.54) is 12.1 Å². The number of rotatable bonds is 6. The van der Waals surface area contributed by atoms with Gasteiger partial charge in [0.25, 0.3) is 0 Å². The predicted octanol–water partition coefficient (Wildman–Crippen LogP) is 2.91. The molecule has 1 N–H and O–H groups in total. The molecule has 0 bridgehead atoms. The maximum Gasteiger partial charge on any atom is 0.304 e. The lowest BCUT2D eigenvalue weighted by molar-refractivity contribution is -0.387. The van der Waals surface area contributed by atoms with Crippen LogP contribution in [-0.2, 0) is 6.42 Å². The second-order valence-corrected chi connectivity index (χ2v) is 4.72. The van der Waals surface area contributed by atoms with Crippen molar-refractivity contribution in [1.29, 1.82) is 0 Å². The number of halogens is 1. The molecule has 0 aliphatic heterocycles. The Morgan fingerprint density at radius 3 is 2.56 bits per heavy atom. The van der Waals surface area contributed by atoms with Gasteiger partial charge in [-0.25, -0.2) is 0 Å². The van der Waals surface area contributed by atoms with Gasteiger partial charge in [0, 0.05) is 12.1 Å². The van der Waals surface area contributed by atoms with Gasteiger partial charge in [-0.15, -0.1) is 0 Å². The van der Waals surface area contributed by atoms with Crippen molar-refractivity contribution in [3.05, 3.63) is 39.7 Å². The van der Waals surface area contributed by atoms with E-state index in [0.717, 1.165) is 12.0 Å². The standard InChI is InChI=1S/C13H19FN2O2/c1-9(2)12(15-3)6-4-10-5-7-13(16(17)18)11(14)8-10/h5,7-9,12,15H,4,6H2,1-3H3. The van der Waals surface area contributed by atoms with Crippen LogP contribution >= 0.6 is 0 Å². The van der Waals surface area contributed by atoms with Crippen LogP contribution in [-0.4, -0.2) is 18.0 Å². The van der Waals surface area contributed by atoms with Crippen molar-refractivity contribution in [1.82, 2.24) is 5.32 Å². The number of benzene rings is 1. The normalized spacial score (nSPS) is 12.7. The van der Waals surface area contributed by atoms with Crippen molar-refractivity contribution in [2.45, 2.75) is 32.7 Å². The highest BCUT2D eigenvalue weighted by Crippen LogP contribution is 2.19. The summed E-state index contributed by atoms with van der Waals surface area (Å²) >= 11 is 0. The Morgan fingerprint density at radius 1 is 1.44 bits per heavy atom. The van der Waals surface area contributed by atoms with E-state index in [1.807, 2.05) is 7.05 Å². The minimum atomic E-state index is -0.761. The summed E-state index contributed by atoms with van der Waals surface area (Å²) in [5.41, 5.74) is 0.326. The predicted molar refractivity (Wildman–Crippen MR) is 69.1 cm³/mol. The van der Waals surface area contributed by atoms with Gasteiger partial charge < -0.3 is 5.32 Å². The second kappa shape index (κ2) is 6.44. The third-order valence-electron chi connectivity index (χ3n) is 3.13. The molecule has 0 radical (unpaired) electrons. The average molecular weight is 254 g/mol. The monoisotopic (exact) mass is 254 g/mol. The van der Waals surface area contributed by atoms with Crippen molar-refractivity contribution in [2.75, 3.05) is 7.05 Å². The molecule has 0 heterocycles. The highest BCUT2D eigenvalue weighted by atomic mass is 19.1. The van der Waals surface area contributed by atoms with E-state index in [1.54, 1.807) is 6.07 Å². The van der Waals surface area contributed by atoms with E-state index < -0.39 is 16.4 Å². The zero-order chi connectivity index (χ0) is 13.7. The molecule has 0 saturated heterocycles. The van der Waals surface area contributed by atoms with Gasteiger partial charge in [0.1, 0.15) is 0 Å². The lowest BCUT2D eigenvalue weighted by Gasteiger charge is -2.19. The van der Waals surface area contributed by atoms with Gasteiger partial charge in [0.15, 0.2) is 0 Å². The highest BCUT2D eigenvalue weighted by molar-refractivity contribution is 5.35. The van der Waals surface area contributed by atoms with Crippen LogP contribution in [0.25, 0.3) is 0 Å². The van der Waals surface area contributed by atoms with Crippen LogP contribution in [0.15, 0.2) is 18.2 Å². The van der Waals surface area contributed by atoms with Crippen LogP contribution < -0.4 is 5.32 Å². The summed E-state index contributed by atoms with van der Waals surface area (Å²) in [6, 6.07) is 4.47. The SMILES string of the molecule is CNC(CCc1ccc([N+](=O)[O-])c(F)c1)C(C)C. The molecule has 0 aliphatic rings. The second-order valence-electron chi connectivity index (χ2n) is 4.72. The van der Waals surface area contributed by atoms with E-state index in [9.17, 15) is 14.5 Å². The number of nitrogens with zero attached hydrogens (tertiary/aromatic N) is 1. The van der Waals surface area contributed by atoms with E-state index >= 15 is 0 Å². The van der Waals surface area contributed by atoms with Crippen LogP contribution in [0.1, 0.15) is 25.8 Å². The molecule has 4 nitrogen and oxygen atoms in total. The maximum atomic E-state index is 13.4. The first kappa shape index (κ1) is 14.6. The smallest absolute Gasteiger partial charge is 0.304 e. The number of nitro groups is 1. The van der Waals surface area contributed by atoms with Gasteiger partial charge in [-0.05, 0) is 37.4 Å². The van der Waals surface area contributed by atoms with E-state index in [4.69, 9.17) is 0 Å². The number of hydrogen-bond acceptors (Lipinski definition) is 3. The maximum absolute atomic E-state index is 13.4. The molecule has 0 amide bonds. The third kappa shape index (κ3) is 3.77. The fourth-order valence-electron chi connectivity index (χ4n) is 1.99. The number of aryl methyl sites for hydroxylation is 1. The highest BCUT2D eigenvalue weighted by Gasteiger charge is 2.15. The fraction of sp³-hybridized carbons (Fsp3) is 0.538. The Bertz CT molecular complexity index is 421. The van der Waals surface area contributed by atoms with Gasteiger partial charge >= 0.3 is 5.69 Å². The van der Waals surface area contributed by atoms with Crippen LogP contribution in [0.4, 0.5) is 10.1 Å². The Hall–Kier alpha value is -1.49. The molecule has 1 aromatic rings. The zero-order valence-corrected chi connectivity index (χ0v) is 10.9. The van der Waals surface area contributed by atoms with Gasteiger partial charge in [-0.1, -0.05) is 19.9 Å². The Kier molecular flexibility index (Phi) is 5.22. The quantitative estimate of drug-likeness (QED) is 0.627. The summed E-state index contributed by atoms with van der Waals surface area (Å²) < 4.78 is 13.4. The summed E-state index contributed by atoms with van der Waals surface area (Å²) in [4.78, 5) is 9.79. The molecule has 1 atom stereocenters. The molecule has 1 rings (SSSR count).